The summed E-state index contributed by atoms with van der Waals surface area (Å²) in [6.07, 6.45) is 0. The summed E-state index contributed by atoms with van der Waals surface area (Å²) >= 11 is 0. The second kappa shape index (κ2) is 4.67. The van der Waals surface area contributed by atoms with Gasteiger partial charge in [0.1, 0.15) is 13.2 Å². The van der Waals surface area contributed by atoms with Gasteiger partial charge in [0.05, 0.1) is 0 Å². The van der Waals surface area contributed by atoms with Gasteiger partial charge in [-0.1, -0.05) is 0 Å². The quantitative estimate of drug-likeness (QED) is 0.456. The third kappa shape index (κ3) is 3.70. The highest BCUT2D eigenvalue weighted by atomic mass is 16.3. The predicted octanol–water partition coefficient (Wildman–Crippen LogP) is -1.25. The van der Waals surface area contributed by atoms with Crippen molar-refractivity contribution in [3.8, 4) is 0 Å². The Morgan fingerprint density at radius 3 is 1.75 bits per heavy atom. The first-order chi connectivity index (χ1) is 3.81. The highest BCUT2D eigenvalue weighted by molar-refractivity contribution is 4.21. The molecule has 4 heteroatoms. The van der Waals surface area contributed by atoms with Crippen molar-refractivity contribution in [3.63, 3.8) is 0 Å². The number of nitrogens with zero attached hydrogens (tertiary/aromatic N) is 1. The van der Waals surface area contributed by atoms with Gasteiger partial charge in [-0.2, -0.15) is 0 Å². The van der Waals surface area contributed by atoms with E-state index in [0.29, 0.717) is 4.76 Å². The van der Waals surface area contributed by atoms with Crippen LogP contribution in [0.2, 0.25) is 0 Å². The lowest BCUT2D eigenvalue weighted by atomic mass is 10.6. The standard InChI is InChI=1S/C4H10NO3/c6-3-1-5(8)2-4-7/h6-7H,1-4H2/q+1. The molecule has 0 heterocycles. The molecule has 0 aliphatic rings. The molecule has 0 radical (unpaired) electrons. The van der Waals surface area contributed by atoms with Gasteiger partial charge in [0.25, 0.3) is 0 Å². The predicted molar refractivity (Wildman–Crippen MR) is 27.5 cm³/mol. The van der Waals surface area contributed by atoms with Crippen molar-refractivity contribution in [3.05, 3.63) is 4.91 Å². The average Bonchev–Trinajstić information content (AvgIpc) is 1.68. The summed E-state index contributed by atoms with van der Waals surface area (Å²) in [5, 5.41) is 16.3. The number of nitroso groups, excluding NO2 is 1. The van der Waals surface area contributed by atoms with E-state index >= 15 is 0 Å². The topological polar surface area (TPSA) is 60.5 Å². The van der Waals surface area contributed by atoms with Gasteiger partial charge in [0, 0.05) is 9.67 Å². The van der Waals surface area contributed by atoms with Crippen LogP contribution in [0.15, 0.2) is 0 Å². The Kier molecular flexibility index (Phi) is 4.39. The molecule has 0 bridgehead atoms. The second-order valence-corrected chi connectivity index (χ2v) is 1.38. The van der Waals surface area contributed by atoms with E-state index in [1.54, 1.807) is 0 Å². The molecule has 0 aliphatic heterocycles. The minimum absolute atomic E-state index is 0.0839. The van der Waals surface area contributed by atoms with E-state index in [4.69, 9.17) is 10.2 Å². The van der Waals surface area contributed by atoms with Gasteiger partial charge in [-0.05, 0) is 0 Å². The maximum Gasteiger partial charge on any atom is 0.214 e. The van der Waals surface area contributed by atoms with Gasteiger partial charge >= 0.3 is 0 Å². The number of rotatable bonds is 4. The van der Waals surface area contributed by atoms with Crippen LogP contribution in [0.3, 0.4) is 0 Å². The summed E-state index contributed by atoms with van der Waals surface area (Å²) < 4.78 is 0.611. The first kappa shape index (κ1) is 7.52. The van der Waals surface area contributed by atoms with E-state index in [2.05, 4.69) is 0 Å². The fourth-order valence-corrected chi connectivity index (χ4v) is 0.335. The van der Waals surface area contributed by atoms with E-state index < -0.39 is 0 Å². The summed E-state index contributed by atoms with van der Waals surface area (Å²) in [4.78, 5) is 10.2. The third-order valence-corrected chi connectivity index (χ3v) is 0.699. The van der Waals surface area contributed by atoms with Crippen LogP contribution in [0.5, 0.6) is 0 Å². The zero-order valence-corrected chi connectivity index (χ0v) is 4.58. The fourth-order valence-electron chi connectivity index (χ4n) is 0.335. The van der Waals surface area contributed by atoms with E-state index in [9.17, 15) is 4.91 Å². The van der Waals surface area contributed by atoms with Crippen LogP contribution in [0.25, 0.3) is 0 Å². The summed E-state index contributed by atoms with van der Waals surface area (Å²) in [6, 6.07) is 0. The summed E-state index contributed by atoms with van der Waals surface area (Å²) in [6.45, 7) is -0.131. The lowest BCUT2D eigenvalue weighted by Gasteiger charge is -1.84. The van der Waals surface area contributed by atoms with Crippen molar-refractivity contribution in [1.82, 2.24) is 0 Å². The minimum atomic E-state index is -0.149. The van der Waals surface area contributed by atoms with E-state index in [1.165, 1.54) is 0 Å². The minimum Gasteiger partial charge on any atom is -0.390 e. The smallest absolute Gasteiger partial charge is 0.214 e. The van der Waals surface area contributed by atoms with Gasteiger partial charge in [-0.3, -0.25) is 0 Å². The summed E-state index contributed by atoms with van der Waals surface area (Å²) in [5.74, 6) is 0. The zero-order chi connectivity index (χ0) is 6.41. The van der Waals surface area contributed by atoms with Crippen LogP contribution in [0, 0.1) is 4.91 Å². The van der Waals surface area contributed by atoms with Crippen molar-refractivity contribution in [1.29, 1.82) is 0 Å². The first-order valence-corrected chi connectivity index (χ1v) is 2.45. The van der Waals surface area contributed by atoms with Gasteiger partial charge in [0.2, 0.25) is 13.1 Å². The Hall–Kier alpha value is -0.480. The molecular formula is C4H10NO3+. The van der Waals surface area contributed by atoms with Crippen molar-refractivity contribution < 1.29 is 15.0 Å². The summed E-state index contributed by atoms with van der Waals surface area (Å²) in [7, 11) is 0. The molecule has 0 amide bonds. The molecule has 4 nitrogen and oxygen atoms in total. The zero-order valence-electron chi connectivity index (χ0n) is 4.58. The van der Waals surface area contributed by atoms with Crippen LogP contribution in [0.1, 0.15) is 0 Å². The van der Waals surface area contributed by atoms with Crippen LogP contribution < -0.4 is 0 Å². The van der Waals surface area contributed by atoms with E-state index in [0.717, 1.165) is 0 Å². The van der Waals surface area contributed by atoms with Crippen molar-refractivity contribution in [2.45, 2.75) is 0 Å². The van der Waals surface area contributed by atoms with E-state index in [1.807, 2.05) is 0 Å². The van der Waals surface area contributed by atoms with Gasteiger partial charge in [-0.15, -0.1) is 0 Å². The molecule has 2 N–H and O–H groups in total. The Morgan fingerprint density at radius 1 is 1.12 bits per heavy atom. The monoisotopic (exact) mass is 120 g/mol. The lowest BCUT2D eigenvalue weighted by molar-refractivity contribution is -0.552. The van der Waals surface area contributed by atoms with Crippen LogP contribution in [0.4, 0.5) is 0 Å². The molecule has 8 heavy (non-hydrogen) atoms. The molecular weight excluding hydrogens is 110 g/mol. The average molecular weight is 120 g/mol. The molecule has 0 aromatic carbocycles. The Balaban J connectivity index is 3.06. The van der Waals surface area contributed by atoms with Crippen molar-refractivity contribution >= 4 is 0 Å². The summed E-state index contributed by atoms with van der Waals surface area (Å²) in [5.41, 5.74) is 0. The van der Waals surface area contributed by atoms with Crippen LogP contribution in [-0.2, 0) is 0 Å². The number of aliphatic hydroxyl groups is 2. The van der Waals surface area contributed by atoms with Crippen LogP contribution in [-0.4, -0.2) is 41.3 Å². The molecule has 48 valence electrons. The Morgan fingerprint density at radius 2 is 1.50 bits per heavy atom. The van der Waals surface area contributed by atoms with Gasteiger partial charge in [0.15, 0.2) is 0 Å². The number of hydrogen-bond donors (Lipinski definition) is 2. The lowest BCUT2D eigenvalue weighted by Crippen LogP contribution is -2.16. The largest absolute Gasteiger partial charge is 0.390 e. The van der Waals surface area contributed by atoms with E-state index in [-0.39, 0.29) is 26.3 Å². The second-order valence-electron chi connectivity index (χ2n) is 1.38. The van der Waals surface area contributed by atoms with Crippen molar-refractivity contribution in [2.75, 3.05) is 26.3 Å². The Bertz CT molecular complexity index is 65.7. The molecule has 0 rings (SSSR count). The third-order valence-electron chi connectivity index (χ3n) is 0.699. The highest BCUT2D eigenvalue weighted by Gasteiger charge is 2.02. The van der Waals surface area contributed by atoms with Crippen molar-refractivity contribution in [2.24, 2.45) is 0 Å². The molecule has 0 saturated heterocycles. The fraction of sp³-hybridized carbons (Fsp3) is 1.00. The SMILES string of the molecule is O=[N+](CCO)CCO. The van der Waals surface area contributed by atoms with Gasteiger partial charge < -0.3 is 10.2 Å². The maximum atomic E-state index is 10.2. The molecule has 0 aliphatic carbocycles. The molecule has 0 atom stereocenters. The molecule has 0 saturated carbocycles. The van der Waals surface area contributed by atoms with Gasteiger partial charge in [-0.25, -0.2) is 0 Å². The normalized spacial score (nSPS) is 9.25. The Labute approximate surface area is 47.3 Å². The molecule has 0 fully saturated rings. The maximum absolute atomic E-state index is 10.2. The molecule has 0 spiro atoms. The van der Waals surface area contributed by atoms with Crippen LogP contribution >= 0.6 is 0 Å². The first-order valence-electron chi connectivity index (χ1n) is 2.45. The molecule has 0 aromatic rings. The molecule has 0 aromatic heterocycles. The number of hydrogen-bond acceptors (Lipinski definition) is 3. The molecule has 0 unspecified atom stereocenters. The number of aliphatic hydroxyl groups excluding tert-OH is 2. The highest BCUT2D eigenvalue weighted by Crippen LogP contribution is 1.69.